The molecule has 1 N–H and O–H groups in total. The minimum atomic E-state index is 0.0409. The molecule has 0 radical (unpaired) electrons. The minimum Gasteiger partial charge on any atom is -0.396 e. The summed E-state index contributed by atoms with van der Waals surface area (Å²) in [5.74, 6) is 0.0753. The Morgan fingerprint density at radius 2 is 2.43 bits per heavy atom. The maximum absolute atomic E-state index is 12.5. The number of thiophene rings is 1. The van der Waals surface area contributed by atoms with Gasteiger partial charge in [-0.3, -0.25) is 4.79 Å². The van der Waals surface area contributed by atoms with E-state index in [1.165, 1.54) is 4.88 Å². The molecule has 3 heterocycles. The number of nitrogens with zero attached hydrogens (tertiary/aromatic N) is 4. The minimum absolute atomic E-state index is 0.0409. The first kappa shape index (κ1) is 14.2. The SMILES string of the molecule is O=C(Cn1cc(CCO)nn1)N1CCCC1c1cccs1. The molecule has 1 aliphatic rings. The number of aliphatic hydroxyl groups excluding tert-OH is 1. The van der Waals surface area contributed by atoms with Crippen molar-refractivity contribution in [3.63, 3.8) is 0 Å². The van der Waals surface area contributed by atoms with Crippen molar-refractivity contribution in [2.24, 2.45) is 0 Å². The molecule has 3 rings (SSSR count). The van der Waals surface area contributed by atoms with Gasteiger partial charge in [0.05, 0.1) is 11.7 Å². The van der Waals surface area contributed by atoms with Crippen LogP contribution < -0.4 is 0 Å². The first-order valence-electron chi connectivity index (χ1n) is 7.10. The van der Waals surface area contributed by atoms with E-state index < -0.39 is 0 Å². The van der Waals surface area contributed by atoms with Gasteiger partial charge in [-0.25, -0.2) is 4.68 Å². The summed E-state index contributed by atoms with van der Waals surface area (Å²) in [4.78, 5) is 15.7. The fourth-order valence-electron chi connectivity index (χ4n) is 2.72. The average molecular weight is 306 g/mol. The van der Waals surface area contributed by atoms with E-state index in [0.29, 0.717) is 12.1 Å². The van der Waals surface area contributed by atoms with Gasteiger partial charge >= 0.3 is 0 Å². The lowest BCUT2D eigenvalue weighted by molar-refractivity contribution is -0.132. The number of rotatable bonds is 5. The lowest BCUT2D eigenvalue weighted by Gasteiger charge is -2.23. The zero-order valence-electron chi connectivity index (χ0n) is 11.7. The van der Waals surface area contributed by atoms with Gasteiger partial charge in [-0.1, -0.05) is 11.3 Å². The Morgan fingerprint density at radius 1 is 1.52 bits per heavy atom. The van der Waals surface area contributed by atoms with Gasteiger partial charge in [0.1, 0.15) is 6.54 Å². The average Bonchev–Trinajstić information content (AvgIpc) is 3.20. The second-order valence-electron chi connectivity index (χ2n) is 5.14. The van der Waals surface area contributed by atoms with Gasteiger partial charge in [-0.05, 0) is 24.3 Å². The van der Waals surface area contributed by atoms with Crippen molar-refractivity contribution in [2.45, 2.75) is 31.8 Å². The van der Waals surface area contributed by atoms with Crippen LogP contribution in [-0.2, 0) is 17.8 Å². The molecule has 1 fully saturated rings. The third-order valence-electron chi connectivity index (χ3n) is 3.70. The number of aromatic nitrogens is 3. The third kappa shape index (κ3) is 3.14. The Labute approximate surface area is 127 Å². The molecular formula is C14H18N4O2S. The summed E-state index contributed by atoms with van der Waals surface area (Å²) in [5, 5.41) is 18.8. The number of hydrogen-bond donors (Lipinski definition) is 1. The van der Waals surface area contributed by atoms with Crippen LogP contribution in [-0.4, -0.2) is 44.1 Å². The Hall–Kier alpha value is -1.73. The highest BCUT2D eigenvalue weighted by atomic mass is 32.1. The predicted octanol–water partition coefficient (Wildman–Crippen LogP) is 1.24. The third-order valence-corrected chi connectivity index (χ3v) is 4.67. The van der Waals surface area contributed by atoms with E-state index in [2.05, 4.69) is 21.8 Å². The monoisotopic (exact) mass is 306 g/mol. The van der Waals surface area contributed by atoms with Crippen molar-refractivity contribution in [3.8, 4) is 0 Å². The quantitative estimate of drug-likeness (QED) is 0.902. The van der Waals surface area contributed by atoms with Crippen LogP contribution in [0.5, 0.6) is 0 Å². The van der Waals surface area contributed by atoms with E-state index in [-0.39, 0.29) is 25.1 Å². The highest BCUT2D eigenvalue weighted by molar-refractivity contribution is 7.10. The van der Waals surface area contributed by atoms with Gasteiger partial charge in [-0.15, -0.1) is 16.4 Å². The van der Waals surface area contributed by atoms with Crippen molar-refractivity contribution in [1.82, 2.24) is 19.9 Å². The smallest absolute Gasteiger partial charge is 0.244 e. The molecule has 0 saturated carbocycles. The summed E-state index contributed by atoms with van der Waals surface area (Å²) < 4.78 is 1.55. The maximum Gasteiger partial charge on any atom is 0.244 e. The molecule has 1 atom stereocenters. The first-order chi connectivity index (χ1) is 10.3. The highest BCUT2D eigenvalue weighted by Gasteiger charge is 2.30. The highest BCUT2D eigenvalue weighted by Crippen LogP contribution is 2.34. The number of likely N-dealkylation sites (tertiary alicyclic amines) is 1. The summed E-state index contributed by atoms with van der Waals surface area (Å²) in [5.41, 5.74) is 0.710. The molecule has 0 spiro atoms. The van der Waals surface area contributed by atoms with Crippen LogP contribution in [0.3, 0.4) is 0 Å². The number of hydrogen-bond acceptors (Lipinski definition) is 5. The van der Waals surface area contributed by atoms with Crippen LogP contribution >= 0.6 is 11.3 Å². The van der Waals surface area contributed by atoms with Crippen molar-refractivity contribution >= 4 is 17.2 Å². The lowest BCUT2D eigenvalue weighted by atomic mass is 10.2. The number of carbonyl (C=O) groups is 1. The van der Waals surface area contributed by atoms with E-state index in [4.69, 9.17) is 5.11 Å². The van der Waals surface area contributed by atoms with Gasteiger partial charge in [0.25, 0.3) is 0 Å². The van der Waals surface area contributed by atoms with Crippen LogP contribution in [0.25, 0.3) is 0 Å². The predicted molar refractivity (Wildman–Crippen MR) is 78.8 cm³/mol. The Kier molecular flexibility index (Phi) is 4.31. The summed E-state index contributed by atoms with van der Waals surface area (Å²) in [6.07, 6.45) is 4.26. The molecule has 21 heavy (non-hydrogen) atoms. The topological polar surface area (TPSA) is 71.2 Å². The van der Waals surface area contributed by atoms with Gasteiger partial charge in [0.2, 0.25) is 5.91 Å². The maximum atomic E-state index is 12.5. The number of carbonyl (C=O) groups excluding carboxylic acids is 1. The second-order valence-corrected chi connectivity index (χ2v) is 6.12. The Morgan fingerprint density at radius 3 is 3.19 bits per heavy atom. The van der Waals surface area contributed by atoms with Crippen LogP contribution in [0, 0.1) is 0 Å². The molecule has 2 aromatic heterocycles. The van der Waals surface area contributed by atoms with E-state index in [9.17, 15) is 4.79 Å². The molecular weight excluding hydrogens is 288 g/mol. The van der Waals surface area contributed by atoms with E-state index >= 15 is 0 Å². The van der Waals surface area contributed by atoms with Gasteiger partial charge in [-0.2, -0.15) is 0 Å². The normalized spacial score (nSPS) is 18.3. The largest absolute Gasteiger partial charge is 0.396 e. The summed E-state index contributed by atoms with van der Waals surface area (Å²) in [7, 11) is 0. The molecule has 1 unspecified atom stereocenters. The van der Waals surface area contributed by atoms with Crippen LogP contribution in [0.2, 0.25) is 0 Å². The van der Waals surface area contributed by atoms with Crippen molar-refractivity contribution in [3.05, 3.63) is 34.3 Å². The Bertz CT molecular complexity index is 596. The second kappa shape index (κ2) is 6.36. The van der Waals surface area contributed by atoms with Crippen LogP contribution in [0.4, 0.5) is 0 Å². The molecule has 2 aromatic rings. The zero-order chi connectivity index (χ0) is 14.7. The van der Waals surface area contributed by atoms with Crippen molar-refractivity contribution in [2.75, 3.05) is 13.2 Å². The van der Waals surface area contributed by atoms with Gasteiger partial charge < -0.3 is 10.0 Å². The van der Waals surface area contributed by atoms with Crippen LogP contribution in [0.1, 0.15) is 29.5 Å². The summed E-state index contributed by atoms with van der Waals surface area (Å²) in [6.45, 7) is 1.05. The number of amides is 1. The Balaban J connectivity index is 1.66. The lowest BCUT2D eigenvalue weighted by Crippen LogP contribution is -2.33. The number of aliphatic hydroxyl groups is 1. The molecule has 1 saturated heterocycles. The first-order valence-corrected chi connectivity index (χ1v) is 7.98. The van der Waals surface area contributed by atoms with E-state index in [1.807, 2.05) is 11.0 Å². The molecule has 6 nitrogen and oxygen atoms in total. The van der Waals surface area contributed by atoms with Gasteiger partial charge in [0, 0.05) is 30.6 Å². The molecule has 0 bridgehead atoms. The standard InChI is InChI=1S/C14H18N4O2S/c19-7-5-11-9-17(16-15-11)10-14(20)18-6-1-3-12(18)13-4-2-8-21-13/h2,4,8-9,12,19H,1,3,5-7,10H2. The fourth-order valence-corrected chi connectivity index (χ4v) is 3.59. The molecule has 1 amide bonds. The molecule has 0 aromatic carbocycles. The van der Waals surface area contributed by atoms with Crippen LogP contribution in [0.15, 0.2) is 23.7 Å². The zero-order valence-corrected chi connectivity index (χ0v) is 12.5. The summed E-state index contributed by atoms with van der Waals surface area (Å²) >= 11 is 1.70. The van der Waals surface area contributed by atoms with Gasteiger partial charge in [0.15, 0.2) is 0 Å². The molecule has 112 valence electrons. The van der Waals surface area contributed by atoms with Crippen molar-refractivity contribution in [1.29, 1.82) is 0 Å². The van der Waals surface area contributed by atoms with Crippen molar-refractivity contribution < 1.29 is 9.90 Å². The summed E-state index contributed by atoms with van der Waals surface area (Å²) in [6, 6.07) is 4.33. The van der Waals surface area contributed by atoms with E-state index in [1.54, 1.807) is 22.2 Å². The fraction of sp³-hybridized carbons (Fsp3) is 0.500. The van der Waals surface area contributed by atoms with E-state index in [0.717, 1.165) is 19.4 Å². The molecule has 0 aliphatic carbocycles. The molecule has 1 aliphatic heterocycles. The molecule has 7 heteroatoms.